The van der Waals surface area contributed by atoms with Crippen LogP contribution in [0.15, 0.2) is 29.5 Å². The summed E-state index contributed by atoms with van der Waals surface area (Å²) in [5.74, 6) is 2.03. The molecular formula is C15H21Cl2IN6O. The van der Waals surface area contributed by atoms with Crippen LogP contribution >= 0.6 is 47.2 Å². The van der Waals surface area contributed by atoms with Gasteiger partial charge in [-0.15, -0.1) is 24.0 Å². The second kappa shape index (κ2) is 11.4. The predicted molar refractivity (Wildman–Crippen MR) is 111 cm³/mol. The number of hydrogen-bond donors (Lipinski definition) is 2. The van der Waals surface area contributed by atoms with Gasteiger partial charge in [-0.05, 0) is 19.1 Å². The Bertz CT molecular complexity index is 694. The molecule has 10 heteroatoms. The van der Waals surface area contributed by atoms with Crippen molar-refractivity contribution in [2.45, 2.75) is 13.5 Å². The molecule has 1 aromatic heterocycles. The maximum Gasteiger partial charge on any atom is 0.191 e. The molecule has 0 atom stereocenters. The van der Waals surface area contributed by atoms with Crippen molar-refractivity contribution in [3.05, 3.63) is 40.4 Å². The van der Waals surface area contributed by atoms with Crippen molar-refractivity contribution in [3.8, 4) is 5.75 Å². The standard InChI is InChI=1S/C15H20Cl2N6O.HI/c1-3-18-15(20-9-13-21-10-22-23(13)2)19-7-8-24-12-6-4-5-11(16)14(12)17;/h4-6,10H,3,7-9H2,1-2H3,(H2,18,19,20);1H. The maximum atomic E-state index is 6.08. The molecule has 7 nitrogen and oxygen atoms in total. The summed E-state index contributed by atoms with van der Waals surface area (Å²) >= 11 is 12.0. The van der Waals surface area contributed by atoms with Crippen molar-refractivity contribution in [1.82, 2.24) is 25.4 Å². The van der Waals surface area contributed by atoms with Crippen LogP contribution in [0, 0.1) is 0 Å². The first kappa shape index (κ1) is 21.8. The van der Waals surface area contributed by atoms with Crippen LogP contribution in [-0.4, -0.2) is 40.4 Å². The van der Waals surface area contributed by atoms with Crippen molar-refractivity contribution in [2.75, 3.05) is 19.7 Å². The van der Waals surface area contributed by atoms with E-state index in [2.05, 4.69) is 25.7 Å². The summed E-state index contributed by atoms with van der Waals surface area (Å²) in [4.78, 5) is 8.60. The van der Waals surface area contributed by atoms with Gasteiger partial charge in [0.2, 0.25) is 0 Å². The van der Waals surface area contributed by atoms with Crippen LogP contribution in [0.25, 0.3) is 0 Å². The van der Waals surface area contributed by atoms with Gasteiger partial charge in [0, 0.05) is 13.6 Å². The normalized spacial score (nSPS) is 11.0. The highest BCUT2D eigenvalue weighted by Crippen LogP contribution is 2.31. The lowest BCUT2D eigenvalue weighted by Gasteiger charge is -2.12. The first-order valence-electron chi connectivity index (χ1n) is 7.53. The van der Waals surface area contributed by atoms with Gasteiger partial charge in [0.05, 0.1) is 11.6 Å². The molecule has 25 heavy (non-hydrogen) atoms. The summed E-state index contributed by atoms with van der Waals surface area (Å²) in [6, 6.07) is 5.29. The summed E-state index contributed by atoms with van der Waals surface area (Å²) in [6.07, 6.45) is 1.51. The second-order valence-corrected chi connectivity index (χ2v) is 5.61. The van der Waals surface area contributed by atoms with Gasteiger partial charge in [0.1, 0.15) is 36.1 Å². The Morgan fingerprint density at radius 1 is 1.32 bits per heavy atom. The Labute approximate surface area is 174 Å². The number of halogens is 3. The highest BCUT2D eigenvalue weighted by molar-refractivity contribution is 14.0. The molecule has 138 valence electrons. The van der Waals surface area contributed by atoms with Crippen molar-refractivity contribution in [2.24, 2.45) is 12.0 Å². The summed E-state index contributed by atoms with van der Waals surface area (Å²) in [6.45, 7) is 4.18. The number of guanidine groups is 1. The number of aryl methyl sites for hydroxylation is 1. The number of hydrogen-bond acceptors (Lipinski definition) is 4. The molecule has 2 N–H and O–H groups in total. The van der Waals surface area contributed by atoms with Crippen LogP contribution in [0.1, 0.15) is 12.7 Å². The fourth-order valence-electron chi connectivity index (χ4n) is 1.88. The fraction of sp³-hybridized carbons (Fsp3) is 0.400. The van der Waals surface area contributed by atoms with E-state index >= 15 is 0 Å². The zero-order valence-corrected chi connectivity index (χ0v) is 17.8. The molecule has 2 rings (SSSR count). The smallest absolute Gasteiger partial charge is 0.191 e. The summed E-state index contributed by atoms with van der Waals surface area (Å²) < 4.78 is 7.32. The maximum absolute atomic E-state index is 6.08. The molecule has 0 fully saturated rings. The number of nitrogens with zero attached hydrogens (tertiary/aromatic N) is 4. The van der Waals surface area contributed by atoms with Gasteiger partial charge in [-0.1, -0.05) is 29.3 Å². The zero-order chi connectivity index (χ0) is 17.4. The Morgan fingerprint density at radius 2 is 2.12 bits per heavy atom. The Hall–Kier alpha value is -1.26. The molecule has 0 unspecified atom stereocenters. The Kier molecular flexibility index (Phi) is 9.91. The number of aliphatic imine (C=N–C) groups is 1. The van der Waals surface area contributed by atoms with E-state index in [1.54, 1.807) is 22.9 Å². The highest BCUT2D eigenvalue weighted by Gasteiger charge is 2.05. The van der Waals surface area contributed by atoms with Crippen molar-refractivity contribution in [1.29, 1.82) is 0 Å². The van der Waals surface area contributed by atoms with E-state index in [1.165, 1.54) is 6.33 Å². The average Bonchev–Trinajstić information content (AvgIpc) is 2.98. The molecule has 0 radical (unpaired) electrons. The first-order chi connectivity index (χ1) is 11.6. The molecule has 0 spiro atoms. The number of aromatic nitrogens is 3. The zero-order valence-electron chi connectivity index (χ0n) is 14.0. The third-order valence-electron chi connectivity index (χ3n) is 3.10. The molecular weight excluding hydrogens is 478 g/mol. The van der Waals surface area contributed by atoms with Crippen LogP contribution in [-0.2, 0) is 13.6 Å². The molecule has 0 saturated heterocycles. The van der Waals surface area contributed by atoms with Crippen LogP contribution in [0.4, 0.5) is 0 Å². The highest BCUT2D eigenvalue weighted by atomic mass is 127. The fourth-order valence-corrected chi connectivity index (χ4v) is 2.23. The SMILES string of the molecule is CCNC(=NCc1ncnn1C)NCCOc1cccc(Cl)c1Cl.I. The lowest BCUT2D eigenvalue weighted by molar-refractivity contribution is 0.322. The van der Waals surface area contributed by atoms with Crippen LogP contribution < -0.4 is 15.4 Å². The summed E-state index contributed by atoms with van der Waals surface area (Å²) in [7, 11) is 1.83. The third-order valence-corrected chi connectivity index (χ3v) is 3.90. The Morgan fingerprint density at radius 3 is 2.80 bits per heavy atom. The number of ether oxygens (including phenoxy) is 1. The lowest BCUT2D eigenvalue weighted by atomic mass is 10.3. The van der Waals surface area contributed by atoms with E-state index in [4.69, 9.17) is 27.9 Å². The van der Waals surface area contributed by atoms with Gasteiger partial charge in [0.15, 0.2) is 5.96 Å². The van der Waals surface area contributed by atoms with Gasteiger partial charge in [-0.2, -0.15) is 5.10 Å². The van der Waals surface area contributed by atoms with E-state index in [0.717, 1.165) is 12.4 Å². The van der Waals surface area contributed by atoms with Gasteiger partial charge < -0.3 is 15.4 Å². The van der Waals surface area contributed by atoms with Crippen molar-refractivity contribution < 1.29 is 4.74 Å². The average molecular weight is 499 g/mol. The van der Waals surface area contributed by atoms with E-state index in [9.17, 15) is 0 Å². The number of nitrogens with one attached hydrogen (secondary N) is 2. The van der Waals surface area contributed by atoms with Crippen molar-refractivity contribution >= 4 is 53.1 Å². The number of rotatable bonds is 7. The van der Waals surface area contributed by atoms with Crippen LogP contribution in [0.3, 0.4) is 0 Å². The van der Waals surface area contributed by atoms with Crippen molar-refractivity contribution in [3.63, 3.8) is 0 Å². The molecule has 0 amide bonds. The van der Waals surface area contributed by atoms with Gasteiger partial charge in [-0.3, -0.25) is 4.68 Å². The minimum atomic E-state index is 0. The van der Waals surface area contributed by atoms with E-state index in [1.807, 2.05) is 14.0 Å². The van der Waals surface area contributed by atoms with E-state index in [-0.39, 0.29) is 24.0 Å². The molecule has 0 aliphatic rings. The van der Waals surface area contributed by atoms with Crippen LogP contribution in [0.5, 0.6) is 5.75 Å². The van der Waals surface area contributed by atoms with E-state index in [0.29, 0.717) is 41.5 Å². The summed E-state index contributed by atoms with van der Waals surface area (Å²) in [5.41, 5.74) is 0. The molecule has 2 aromatic rings. The molecule has 0 aliphatic heterocycles. The third kappa shape index (κ3) is 6.87. The van der Waals surface area contributed by atoms with Gasteiger partial charge in [-0.25, -0.2) is 9.98 Å². The molecule has 0 saturated carbocycles. The predicted octanol–water partition coefficient (Wildman–Crippen LogP) is 2.87. The number of benzene rings is 1. The van der Waals surface area contributed by atoms with Gasteiger partial charge in [0.25, 0.3) is 0 Å². The monoisotopic (exact) mass is 498 g/mol. The molecule has 0 bridgehead atoms. The second-order valence-electron chi connectivity index (χ2n) is 4.82. The Balaban J connectivity index is 0.00000312. The summed E-state index contributed by atoms with van der Waals surface area (Å²) in [5, 5.41) is 11.3. The first-order valence-corrected chi connectivity index (χ1v) is 8.29. The lowest BCUT2D eigenvalue weighted by Crippen LogP contribution is -2.39. The van der Waals surface area contributed by atoms with Crippen LogP contribution in [0.2, 0.25) is 10.0 Å². The molecule has 0 aliphatic carbocycles. The van der Waals surface area contributed by atoms with Gasteiger partial charge >= 0.3 is 0 Å². The topological polar surface area (TPSA) is 76.4 Å². The van der Waals surface area contributed by atoms with E-state index < -0.39 is 0 Å². The minimum Gasteiger partial charge on any atom is -0.490 e. The quantitative estimate of drug-likeness (QED) is 0.266. The molecule has 1 heterocycles. The minimum absolute atomic E-state index is 0. The molecule has 1 aromatic carbocycles. The largest absolute Gasteiger partial charge is 0.490 e.